The van der Waals surface area contributed by atoms with Crippen LogP contribution in [0.1, 0.15) is 11.1 Å². The summed E-state index contributed by atoms with van der Waals surface area (Å²) in [5.41, 5.74) is 5.27. The molecule has 0 unspecified atom stereocenters. The first-order chi connectivity index (χ1) is 9.72. The highest BCUT2D eigenvalue weighted by molar-refractivity contribution is 5.89. The maximum Gasteiger partial charge on any atom is 0.137 e. The third-order valence-electron chi connectivity index (χ3n) is 3.80. The summed E-state index contributed by atoms with van der Waals surface area (Å²) in [5, 5.41) is 2.29. The molecule has 2 aromatic carbocycles. The van der Waals surface area contributed by atoms with E-state index >= 15 is 0 Å². The van der Waals surface area contributed by atoms with Gasteiger partial charge >= 0.3 is 0 Å². The van der Waals surface area contributed by atoms with Crippen molar-refractivity contribution in [2.24, 2.45) is 0 Å². The summed E-state index contributed by atoms with van der Waals surface area (Å²) in [6.45, 7) is 4.16. The van der Waals surface area contributed by atoms with Crippen molar-refractivity contribution in [2.45, 2.75) is 13.8 Å². The first-order valence-corrected chi connectivity index (χ1v) is 6.70. The maximum absolute atomic E-state index is 6.02. The molecule has 0 radical (unpaired) electrons. The van der Waals surface area contributed by atoms with Crippen LogP contribution in [-0.4, -0.2) is 0 Å². The first-order valence-electron chi connectivity index (χ1n) is 6.70. The zero-order chi connectivity index (χ0) is 13.7. The van der Waals surface area contributed by atoms with Crippen LogP contribution in [0.2, 0.25) is 0 Å². The Hall–Kier alpha value is -2.48. The van der Waals surface area contributed by atoms with Gasteiger partial charge in [0.25, 0.3) is 0 Å². The molecule has 98 valence electrons. The third-order valence-corrected chi connectivity index (χ3v) is 3.80. The molecule has 20 heavy (non-hydrogen) atoms. The molecule has 4 rings (SSSR count). The van der Waals surface area contributed by atoms with E-state index in [9.17, 15) is 0 Å². The highest BCUT2D eigenvalue weighted by atomic mass is 16.3. The zero-order valence-electron chi connectivity index (χ0n) is 11.4. The predicted octanol–water partition coefficient (Wildman–Crippen LogP) is 5.46. The summed E-state index contributed by atoms with van der Waals surface area (Å²) in [5.74, 6) is 0.885. The van der Waals surface area contributed by atoms with Crippen molar-refractivity contribution in [1.82, 2.24) is 0 Å². The molecule has 0 atom stereocenters. The monoisotopic (exact) mass is 262 g/mol. The Morgan fingerprint density at radius 2 is 1.80 bits per heavy atom. The van der Waals surface area contributed by atoms with Crippen LogP contribution in [0.3, 0.4) is 0 Å². The first kappa shape index (κ1) is 11.4. The van der Waals surface area contributed by atoms with Crippen LogP contribution in [0, 0.1) is 13.8 Å². The van der Waals surface area contributed by atoms with E-state index in [1.165, 1.54) is 5.56 Å². The van der Waals surface area contributed by atoms with E-state index in [0.717, 1.165) is 38.8 Å². The molecule has 2 nitrogen and oxygen atoms in total. The molecule has 0 spiro atoms. The molecule has 0 saturated carbocycles. The Balaban J connectivity index is 1.98. The summed E-state index contributed by atoms with van der Waals surface area (Å²) >= 11 is 0. The number of benzene rings is 2. The van der Waals surface area contributed by atoms with Crippen molar-refractivity contribution in [3.63, 3.8) is 0 Å². The largest absolute Gasteiger partial charge is 0.464 e. The quantitative estimate of drug-likeness (QED) is 0.455. The van der Waals surface area contributed by atoms with Gasteiger partial charge in [0.15, 0.2) is 0 Å². The van der Waals surface area contributed by atoms with Gasteiger partial charge in [-0.2, -0.15) is 0 Å². The smallest absolute Gasteiger partial charge is 0.137 e. The van der Waals surface area contributed by atoms with Gasteiger partial charge in [-0.3, -0.25) is 0 Å². The number of hydrogen-bond acceptors (Lipinski definition) is 2. The highest BCUT2D eigenvalue weighted by Crippen LogP contribution is 2.33. The Kier molecular flexibility index (Phi) is 2.27. The summed E-state index contributed by atoms with van der Waals surface area (Å²) in [6, 6.07) is 14.5. The number of aryl methyl sites for hydroxylation is 2. The lowest BCUT2D eigenvalue weighted by Crippen LogP contribution is -1.78. The fraction of sp³-hybridized carbons (Fsp3) is 0.111. The van der Waals surface area contributed by atoms with Gasteiger partial charge in [-0.25, -0.2) is 0 Å². The molecular weight excluding hydrogens is 248 g/mol. The van der Waals surface area contributed by atoms with Crippen molar-refractivity contribution < 1.29 is 8.83 Å². The zero-order valence-corrected chi connectivity index (χ0v) is 11.4. The van der Waals surface area contributed by atoms with E-state index in [-0.39, 0.29) is 0 Å². The van der Waals surface area contributed by atoms with Crippen LogP contribution < -0.4 is 0 Å². The van der Waals surface area contributed by atoms with Gasteiger partial charge < -0.3 is 8.83 Å². The van der Waals surface area contributed by atoms with Gasteiger partial charge in [-0.1, -0.05) is 18.2 Å². The summed E-state index contributed by atoms with van der Waals surface area (Å²) in [7, 11) is 0. The topological polar surface area (TPSA) is 26.3 Å². The van der Waals surface area contributed by atoms with Crippen molar-refractivity contribution in [1.29, 1.82) is 0 Å². The second-order valence-electron chi connectivity index (χ2n) is 5.23. The van der Waals surface area contributed by atoms with Gasteiger partial charge in [0.2, 0.25) is 0 Å². The molecule has 0 fully saturated rings. The molecule has 0 aliphatic heterocycles. The predicted molar refractivity (Wildman–Crippen MR) is 80.9 cm³/mol. The Labute approximate surface area is 116 Å². The molecule has 0 saturated heterocycles. The normalized spacial score (nSPS) is 11.5. The minimum atomic E-state index is 0.885. The third kappa shape index (κ3) is 1.58. The molecule has 0 N–H and O–H groups in total. The van der Waals surface area contributed by atoms with Crippen molar-refractivity contribution >= 4 is 21.9 Å². The number of fused-ring (bicyclic) bond motifs is 2. The molecule has 0 amide bonds. The number of furan rings is 2. The molecule has 2 heteroatoms. The minimum Gasteiger partial charge on any atom is -0.464 e. The fourth-order valence-corrected chi connectivity index (χ4v) is 2.75. The van der Waals surface area contributed by atoms with E-state index < -0.39 is 0 Å². The maximum atomic E-state index is 6.02. The van der Waals surface area contributed by atoms with Crippen molar-refractivity contribution in [3.8, 4) is 11.3 Å². The number of para-hydroxylation sites is 1. The van der Waals surface area contributed by atoms with Crippen LogP contribution in [0.25, 0.3) is 33.3 Å². The Morgan fingerprint density at radius 3 is 2.65 bits per heavy atom. The van der Waals surface area contributed by atoms with E-state index in [1.54, 1.807) is 6.26 Å². The van der Waals surface area contributed by atoms with Gasteiger partial charge in [-0.05, 0) is 49.2 Å². The minimum absolute atomic E-state index is 0.885. The van der Waals surface area contributed by atoms with Crippen LogP contribution >= 0.6 is 0 Å². The van der Waals surface area contributed by atoms with Crippen LogP contribution in [0.15, 0.2) is 57.6 Å². The standard InChI is InChI=1S/C18H14O2/c1-11-4-3-5-13-9-16(20-18(11)13)14-8-12(2)15-6-7-19-17(15)10-14/h3-10H,1-2H3. The molecule has 0 bridgehead atoms. The van der Waals surface area contributed by atoms with Crippen molar-refractivity contribution in [2.75, 3.05) is 0 Å². The molecule has 0 aliphatic carbocycles. The summed E-state index contributed by atoms with van der Waals surface area (Å²) < 4.78 is 11.5. The van der Waals surface area contributed by atoms with Crippen LogP contribution in [0.4, 0.5) is 0 Å². The number of rotatable bonds is 1. The van der Waals surface area contributed by atoms with Gasteiger partial charge in [0.1, 0.15) is 16.9 Å². The molecule has 2 heterocycles. The Morgan fingerprint density at radius 1 is 0.900 bits per heavy atom. The molecule has 2 aromatic heterocycles. The second-order valence-corrected chi connectivity index (χ2v) is 5.23. The molecule has 0 aliphatic rings. The van der Waals surface area contributed by atoms with E-state index in [2.05, 4.69) is 44.2 Å². The van der Waals surface area contributed by atoms with Gasteiger partial charge in [0.05, 0.1) is 6.26 Å². The second kappa shape index (κ2) is 4.01. The van der Waals surface area contributed by atoms with Crippen LogP contribution in [0.5, 0.6) is 0 Å². The van der Waals surface area contributed by atoms with E-state index in [4.69, 9.17) is 8.83 Å². The Bertz CT molecular complexity index is 925. The van der Waals surface area contributed by atoms with Gasteiger partial charge in [0, 0.05) is 16.3 Å². The number of hydrogen-bond donors (Lipinski definition) is 0. The fourth-order valence-electron chi connectivity index (χ4n) is 2.75. The molecular formula is C18H14O2. The average molecular weight is 262 g/mol. The lowest BCUT2D eigenvalue weighted by molar-refractivity contribution is 0.613. The molecule has 4 aromatic rings. The van der Waals surface area contributed by atoms with Crippen molar-refractivity contribution in [3.05, 3.63) is 59.9 Å². The van der Waals surface area contributed by atoms with E-state index in [0.29, 0.717) is 0 Å². The van der Waals surface area contributed by atoms with Gasteiger partial charge in [-0.15, -0.1) is 0 Å². The van der Waals surface area contributed by atoms with Crippen LogP contribution in [-0.2, 0) is 0 Å². The lowest BCUT2D eigenvalue weighted by atomic mass is 10.1. The summed E-state index contributed by atoms with van der Waals surface area (Å²) in [6.07, 6.45) is 1.73. The lowest BCUT2D eigenvalue weighted by Gasteiger charge is -2.00. The van der Waals surface area contributed by atoms with E-state index in [1.807, 2.05) is 12.1 Å². The SMILES string of the molecule is Cc1cc(-c2cc3cccc(C)c3o2)cc2occc12. The average Bonchev–Trinajstić information content (AvgIpc) is 3.04. The highest BCUT2D eigenvalue weighted by Gasteiger charge is 2.10. The summed E-state index contributed by atoms with van der Waals surface area (Å²) in [4.78, 5) is 0.